The molecule has 0 spiro atoms. The van der Waals surface area contributed by atoms with Gasteiger partial charge in [0.15, 0.2) is 11.5 Å². The molecule has 2 aliphatic rings. The van der Waals surface area contributed by atoms with Gasteiger partial charge in [0.1, 0.15) is 13.2 Å². The summed E-state index contributed by atoms with van der Waals surface area (Å²) < 4.78 is 11.1. The van der Waals surface area contributed by atoms with E-state index in [2.05, 4.69) is 5.32 Å². The molecule has 0 aromatic heterocycles. The third-order valence-corrected chi connectivity index (χ3v) is 5.03. The number of carbonyl (C=O) groups is 2. The molecule has 0 radical (unpaired) electrons. The Morgan fingerprint density at radius 2 is 1.89 bits per heavy atom. The van der Waals surface area contributed by atoms with Crippen molar-refractivity contribution >= 4 is 17.5 Å². The van der Waals surface area contributed by atoms with Gasteiger partial charge in [0, 0.05) is 24.7 Å². The maximum absolute atomic E-state index is 12.7. The van der Waals surface area contributed by atoms with Crippen LogP contribution in [-0.4, -0.2) is 43.3 Å². The predicted molar refractivity (Wildman–Crippen MR) is 102 cm³/mol. The van der Waals surface area contributed by atoms with Crippen molar-refractivity contribution < 1.29 is 24.2 Å². The summed E-state index contributed by atoms with van der Waals surface area (Å²) >= 11 is 0. The summed E-state index contributed by atoms with van der Waals surface area (Å²) in [6.45, 7) is 1.06. The monoisotopic (exact) mass is 382 g/mol. The topological polar surface area (TPSA) is 88.1 Å². The number of hydrogen-bond donors (Lipinski definition) is 2. The second-order valence-corrected chi connectivity index (χ2v) is 6.89. The lowest BCUT2D eigenvalue weighted by Crippen LogP contribution is -2.37. The van der Waals surface area contributed by atoms with Gasteiger partial charge >= 0.3 is 0 Å². The number of rotatable bonds is 5. The minimum absolute atomic E-state index is 0.114. The quantitative estimate of drug-likeness (QED) is 0.821. The molecule has 2 amide bonds. The molecule has 1 saturated heterocycles. The third kappa shape index (κ3) is 3.66. The average Bonchev–Trinajstić information content (AvgIpc) is 3.14. The molecule has 7 nitrogen and oxygen atoms in total. The number of carbonyl (C=O) groups excluding carboxylic acids is 2. The van der Waals surface area contributed by atoms with Crippen LogP contribution in [0.1, 0.15) is 18.0 Å². The highest BCUT2D eigenvalue weighted by Gasteiger charge is 2.36. The van der Waals surface area contributed by atoms with Gasteiger partial charge in [-0.25, -0.2) is 0 Å². The number of anilines is 1. The molecule has 2 N–H and O–H groups in total. The molecule has 0 bridgehead atoms. The SMILES string of the molecule is O=C(N[C@@H](CO)c1ccccc1)[C@@H]1CC(=O)N(c2ccc3c(c2)OCCO3)C1. The molecule has 1 fully saturated rings. The number of nitrogens with one attached hydrogen (secondary N) is 1. The molecule has 0 unspecified atom stereocenters. The molecule has 7 heteroatoms. The molecule has 28 heavy (non-hydrogen) atoms. The standard InChI is InChI=1S/C21H22N2O5/c24-13-17(14-4-2-1-3-5-14)22-21(26)15-10-20(25)23(12-15)16-6-7-18-19(11-16)28-9-8-27-18/h1-7,11,15,17,24H,8-10,12-13H2,(H,22,26)/t15-,17+/m1/s1. The van der Waals surface area contributed by atoms with Gasteiger partial charge in [0.05, 0.1) is 18.6 Å². The first-order valence-corrected chi connectivity index (χ1v) is 9.32. The number of amides is 2. The van der Waals surface area contributed by atoms with Crippen LogP contribution in [0.15, 0.2) is 48.5 Å². The van der Waals surface area contributed by atoms with E-state index in [1.807, 2.05) is 30.3 Å². The van der Waals surface area contributed by atoms with Crippen molar-refractivity contribution in [3.05, 3.63) is 54.1 Å². The molecule has 2 atom stereocenters. The zero-order chi connectivity index (χ0) is 19.5. The number of nitrogens with zero attached hydrogens (tertiary/aromatic N) is 1. The fraction of sp³-hybridized carbons (Fsp3) is 0.333. The Hall–Kier alpha value is -3.06. The lowest BCUT2D eigenvalue weighted by molar-refractivity contribution is -0.127. The molecule has 2 heterocycles. The van der Waals surface area contributed by atoms with Crippen molar-refractivity contribution in [2.24, 2.45) is 5.92 Å². The summed E-state index contributed by atoms with van der Waals surface area (Å²) in [5.41, 5.74) is 1.51. The molecule has 0 aliphatic carbocycles. The van der Waals surface area contributed by atoms with Gasteiger partial charge in [-0.05, 0) is 17.7 Å². The minimum Gasteiger partial charge on any atom is -0.486 e. The van der Waals surface area contributed by atoms with Crippen molar-refractivity contribution in [3.63, 3.8) is 0 Å². The maximum Gasteiger partial charge on any atom is 0.227 e. The predicted octanol–water partition coefficient (Wildman–Crippen LogP) is 1.66. The lowest BCUT2D eigenvalue weighted by Gasteiger charge is -2.22. The normalized spacial score (nSPS) is 19.4. The first-order chi connectivity index (χ1) is 13.7. The maximum atomic E-state index is 12.7. The highest BCUT2D eigenvalue weighted by atomic mass is 16.6. The Labute approximate surface area is 162 Å². The molecule has 4 rings (SSSR count). The third-order valence-electron chi connectivity index (χ3n) is 5.03. The summed E-state index contributed by atoms with van der Waals surface area (Å²) in [5, 5.41) is 12.5. The van der Waals surface area contributed by atoms with Gasteiger partial charge in [0.25, 0.3) is 0 Å². The Morgan fingerprint density at radius 3 is 2.64 bits per heavy atom. The highest BCUT2D eigenvalue weighted by Crippen LogP contribution is 2.36. The molecule has 2 aromatic carbocycles. The number of aliphatic hydroxyl groups excluding tert-OH is 1. The van der Waals surface area contributed by atoms with Gasteiger partial charge in [-0.15, -0.1) is 0 Å². The number of ether oxygens (including phenoxy) is 2. The summed E-state index contributed by atoms with van der Waals surface area (Å²) in [5.74, 6) is 0.435. The van der Waals surface area contributed by atoms with Crippen LogP contribution < -0.4 is 19.7 Å². The summed E-state index contributed by atoms with van der Waals surface area (Å²) in [6, 6.07) is 14.1. The van der Waals surface area contributed by atoms with Crippen molar-refractivity contribution in [1.29, 1.82) is 0 Å². The van der Waals surface area contributed by atoms with Crippen molar-refractivity contribution in [2.45, 2.75) is 12.5 Å². The lowest BCUT2D eigenvalue weighted by atomic mass is 10.0. The largest absolute Gasteiger partial charge is 0.486 e. The smallest absolute Gasteiger partial charge is 0.227 e. The van der Waals surface area contributed by atoms with Crippen LogP contribution in [-0.2, 0) is 9.59 Å². The fourth-order valence-electron chi connectivity index (χ4n) is 3.54. The molecular weight excluding hydrogens is 360 g/mol. The van der Waals surface area contributed by atoms with Crippen molar-refractivity contribution in [2.75, 3.05) is 31.3 Å². The van der Waals surface area contributed by atoms with Gasteiger partial charge in [-0.3, -0.25) is 9.59 Å². The van der Waals surface area contributed by atoms with Crippen LogP contribution in [0, 0.1) is 5.92 Å². The zero-order valence-electron chi connectivity index (χ0n) is 15.3. The van der Waals surface area contributed by atoms with Crippen LogP contribution in [0.25, 0.3) is 0 Å². The Balaban J connectivity index is 1.45. The van der Waals surface area contributed by atoms with E-state index in [9.17, 15) is 14.7 Å². The average molecular weight is 382 g/mol. The fourth-order valence-corrected chi connectivity index (χ4v) is 3.54. The summed E-state index contributed by atoms with van der Waals surface area (Å²) in [6.07, 6.45) is 0.132. The Morgan fingerprint density at radius 1 is 1.14 bits per heavy atom. The number of aliphatic hydroxyl groups is 1. The molecule has 2 aliphatic heterocycles. The first kappa shape index (κ1) is 18.3. The number of benzene rings is 2. The van der Waals surface area contributed by atoms with E-state index >= 15 is 0 Å². The van der Waals surface area contributed by atoms with Crippen LogP contribution >= 0.6 is 0 Å². The zero-order valence-corrected chi connectivity index (χ0v) is 15.3. The minimum atomic E-state index is -0.493. The molecule has 2 aromatic rings. The summed E-state index contributed by atoms with van der Waals surface area (Å²) in [7, 11) is 0. The van der Waals surface area contributed by atoms with E-state index in [1.165, 1.54) is 0 Å². The van der Waals surface area contributed by atoms with Crippen molar-refractivity contribution in [3.8, 4) is 11.5 Å². The van der Waals surface area contributed by atoms with E-state index in [1.54, 1.807) is 23.1 Å². The molecule has 146 valence electrons. The van der Waals surface area contributed by atoms with E-state index < -0.39 is 12.0 Å². The van der Waals surface area contributed by atoms with E-state index in [4.69, 9.17) is 9.47 Å². The van der Waals surface area contributed by atoms with Crippen LogP contribution in [0.3, 0.4) is 0 Å². The second-order valence-electron chi connectivity index (χ2n) is 6.89. The number of fused-ring (bicyclic) bond motifs is 1. The number of hydrogen-bond acceptors (Lipinski definition) is 5. The Kier molecular flexibility index (Phi) is 5.16. The molecular formula is C21H22N2O5. The van der Waals surface area contributed by atoms with Gasteiger partial charge < -0.3 is 24.8 Å². The van der Waals surface area contributed by atoms with Crippen molar-refractivity contribution in [1.82, 2.24) is 5.32 Å². The summed E-state index contributed by atoms with van der Waals surface area (Å²) in [4.78, 5) is 26.8. The van der Waals surface area contributed by atoms with E-state index in [0.717, 1.165) is 5.56 Å². The second kappa shape index (κ2) is 7.90. The molecule has 0 saturated carbocycles. The van der Waals surface area contributed by atoms with Gasteiger partial charge in [-0.1, -0.05) is 30.3 Å². The van der Waals surface area contributed by atoms with Crippen LogP contribution in [0.2, 0.25) is 0 Å². The van der Waals surface area contributed by atoms with E-state index in [-0.39, 0.29) is 31.4 Å². The van der Waals surface area contributed by atoms with Crippen LogP contribution in [0.5, 0.6) is 11.5 Å². The Bertz CT molecular complexity index is 870. The van der Waals surface area contributed by atoms with Crippen LogP contribution in [0.4, 0.5) is 5.69 Å². The van der Waals surface area contributed by atoms with Gasteiger partial charge in [0.2, 0.25) is 11.8 Å². The van der Waals surface area contributed by atoms with E-state index in [0.29, 0.717) is 30.4 Å². The van der Waals surface area contributed by atoms with Gasteiger partial charge in [-0.2, -0.15) is 0 Å². The highest BCUT2D eigenvalue weighted by molar-refractivity contribution is 6.00. The first-order valence-electron chi connectivity index (χ1n) is 9.32.